The number of ether oxygens (including phenoxy) is 4. The van der Waals surface area contributed by atoms with E-state index in [9.17, 15) is 0 Å². The molecule has 0 saturated carbocycles. The van der Waals surface area contributed by atoms with E-state index in [0.29, 0.717) is 13.2 Å². The summed E-state index contributed by atoms with van der Waals surface area (Å²) in [5.74, 6) is 1.73. The van der Waals surface area contributed by atoms with Gasteiger partial charge in [0.25, 0.3) is 0 Å². The second kappa shape index (κ2) is 8.26. The first kappa shape index (κ1) is 20.7. The van der Waals surface area contributed by atoms with E-state index in [4.69, 9.17) is 18.9 Å². The first-order valence-corrected chi connectivity index (χ1v) is 12.2. The number of rotatable bonds is 8. The van der Waals surface area contributed by atoms with Crippen LogP contribution in [0, 0.1) is 0 Å². The molecule has 0 N–H and O–H groups in total. The second-order valence-corrected chi connectivity index (χ2v) is 9.42. The van der Waals surface area contributed by atoms with Gasteiger partial charge in [0.2, 0.25) is 0 Å². The molecule has 4 heteroatoms. The molecule has 2 saturated heterocycles. The topological polar surface area (TPSA) is 43.5 Å². The Bertz CT molecular complexity index is 1240. The van der Waals surface area contributed by atoms with Crippen molar-refractivity contribution in [1.82, 2.24) is 0 Å². The molecule has 0 unspecified atom stereocenters. The molecule has 0 radical (unpaired) electrons. The summed E-state index contributed by atoms with van der Waals surface area (Å²) in [4.78, 5) is 0. The quantitative estimate of drug-likeness (QED) is 0.281. The molecule has 174 valence electrons. The van der Waals surface area contributed by atoms with Crippen molar-refractivity contribution < 1.29 is 18.9 Å². The highest BCUT2D eigenvalue weighted by Gasteiger charge is 2.45. The van der Waals surface area contributed by atoms with Gasteiger partial charge in [0.05, 0.1) is 18.6 Å². The number of hydrogen-bond donors (Lipinski definition) is 0. The van der Waals surface area contributed by atoms with Crippen LogP contribution in [-0.2, 0) is 14.9 Å². The van der Waals surface area contributed by atoms with Crippen LogP contribution in [0.3, 0.4) is 0 Å². The lowest BCUT2D eigenvalue weighted by molar-refractivity contribution is 0.263. The van der Waals surface area contributed by atoms with Crippen LogP contribution in [0.4, 0.5) is 0 Å². The Kier molecular flexibility index (Phi) is 4.90. The van der Waals surface area contributed by atoms with Gasteiger partial charge in [-0.05, 0) is 57.6 Å². The van der Waals surface area contributed by atoms with Gasteiger partial charge in [-0.3, -0.25) is 0 Å². The van der Waals surface area contributed by atoms with Crippen LogP contribution in [0.1, 0.15) is 22.3 Å². The lowest BCUT2D eigenvalue weighted by Gasteiger charge is -2.34. The number of benzene rings is 4. The number of epoxide rings is 2. The third-order valence-corrected chi connectivity index (χ3v) is 7.20. The van der Waals surface area contributed by atoms with Gasteiger partial charge in [0.15, 0.2) is 0 Å². The molecular formula is C31H26O4. The first-order valence-electron chi connectivity index (χ1n) is 12.2. The molecule has 4 aromatic carbocycles. The lowest BCUT2D eigenvalue weighted by atomic mass is 9.68. The third-order valence-electron chi connectivity index (χ3n) is 7.20. The zero-order valence-corrected chi connectivity index (χ0v) is 19.4. The molecule has 2 heterocycles. The molecular weight excluding hydrogens is 436 g/mol. The molecule has 4 nitrogen and oxygen atoms in total. The average Bonchev–Trinajstić information content (AvgIpc) is 3.85. The molecule has 0 amide bonds. The Morgan fingerprint density at radius 2 is 0.971 bits per heavy atom. The normalized spacial score (nSPS) is 20.6. The molecule has 3 aliphatic rings. The van der Waals surface area contributed by atoms with Crippen LogP contribution >= 0.6 is 0 Å². The molecule has 0 aromatic heterocycles. The molecule has 0 spiro atoms. The fourth-order valence-corrected chi connectivity index (χ4v) is 5.33. The number of hydrogen-bond acceptors (Lipinski definition) is 4. The predicted octanol–water partition coefficient (Wildman–Crippen LogP) is 5.60. The molecule has 2 aliphatic heterocycles. The van der Waals surface area contributed by atoms with E-state index in [1.165, 1.54) is 33.4 Å². The molecule has 2 fully saturated rings. The maximum absolute atomic E-state index is 5.94. The van der Waals surface area contributed by atoms with E-state index >= 15 is 0 Å². The van der Waals surface area contributed by atoms with Gasteiger partial charge < -0.3 is 18.9 Å². The van der Waals surface area contributed by atoms with Crippen molar-refractivity contribution in [3.05, 3.63) is 119 Å². The fraction of sp³-hybridized carbons (Fsp3) is 0.226. The Morgan fingerprint density at radius 1 is 0.571 bits per heavy atom. The van der Waals surface area contributed by atoms with Crippen molar-refractivity contribution in [2.45, 2.75) is 17.6 Å². The summed E-state index contributed by atoms with van der Waals surface area (Å²) in [6.07, 6.45) is 0.476. The van der Waals surface area contributed by atoms with Crippen LogP contribution < -0.4 is 9.47 Å². The van der Waals surface area contributed by atoms with Crippen LogP contribution in [0.15, 0.2) is 97.1 Å². The van der Waals surface area contributed by atoms with Gasteiger partial charge in [-0.1, -0.05) is 72.8 Å². The maximum Gasteiger partial charge on any atom is 0.119 e. The largest absolute Gasteiger partial charge is 0.491 e. The standard InChI is InChI=1S/C31H26O4/c1-3-7-29-27(5-1)28-6-2-4-8-30(28)31(29,21-9-13-23(14-10-21)32-17-25-19-34-25)22-11-15-24(16-12-22)33-18-26-20-35-26/h1-16,25-26H,17-20H2/t25-,26-/m0/s1. The van der Waals surface area contributed by atoms with E-state index in [0.717, 1.165) is 24.7 Å². The van der Waals surface area contributed by atoms with Gasteiger partial charge in [-0.15, -0.1) is 0 Å². The second-order valence-electron chi connectivity index (χ2n) is 9.42. The average molecular weight is 463 g/mol. The highest BCUT2D eigenvalue weighted by atomic mass is 16.6. The van der Waals surface area contributed by atoms with E-state index in [-0.39, 0.29) is 12.2 Å². The summed E-state index contributed by atoms with van der Waals surface area (Å²) in [6, 6.07) is 34.7. The van der Waals surface area contributed by atoms with Gasteiger partial charge in [-0.2, -0.15) is 0 Å². The van der Waals surface area contributed by atoms with Crippen LogP contribution in [0.25, 0.3) is 11.1 Å². The minimum atomic E-state index is -0.427. The molecule has 4 aromatic rings. The van der Waals surface area contributed by atoms with E-state index < -0.39 is 5.41 Å². The van der Waals surface area contributed by atoms with E-state index in [2.05, 4.69) is 97.1 Å². The zero-order valence-electron chi connectivity index (χ0n) is 19.4. The summed E-state index contributed by atoms with van der Waals surface area (Å²) in [7, 11) is 0. The van der Waals surface area contributed by atoms with Crippen molar-refractivity contribution in [1.29, 1.82) is 0 Å². The Labute approximate surface area is 205 Å². The Morgan fingerprint density at radius 3 is 1.37 bits per heavy atom. The van der Waals surface area contributed by atoms with Gasteiger partial charge in [0, 0.05) is 0 Å². The van der Waals surface area contributed by atoms with Crippen LogP contribution in [-0.4, -0.2) is 38.6 Å². The minimum absolute atomic E-state index is 0.238. The SMILES string of the molecule is c1ccc2c(c1)-c1ccccc1C2(c1ccc(OC[C@H]2CO2)cc1)c1ccc(OC[C@H]2CO2)cc1. The number of fused-ring (bicyclic) bond motifs is 3. The van der Waals surface area contributed by atoms with Crippen molar-refractivity contribution in [3.63, 3.8) is 0 Å². The smallest absolute Gasteiger partial charge is 0.119 e. The minimum Gasteiger partial charge on any atom is -0.491 e. The van der Waals surface area contributed by atoms with Crippen molar-refractivity contribution in [3.8, 4) is 22.6 Å². The van der Waals surface area contributed by atoms with Crippen molar-refractivity contribution >= 4 is 0 Å². The predicted molar refractivity (Wildman–Crippen MR) is 134 cm³/mol. The van der Waals surface area contributed by atoms with Crippen molar-refractivity contribution in [2.24, 2.45) is 0 Å². The highest BCUT2D eigenvalue weighted by molar-refractivity contribution is 5.86. The summed E-state index contributed by atoms with van der Waals surface area (Å²) in [5, 5.41) is 0. The summed E-state index contributed by atoms with van der Waals surface area (Å²) >= 11 is 0. The maximum atomic E-state index is 5.94. The third kappa shape index (κ3) is 3.61. The highest BCUT2D eigenvalue weighted by Crippen LogP contribution is 2.56. The monoisotopic (exact) mass is 462 g/mol. The fourth-order valence-electron chi connectivity index (χ4n) is 5.33. The Balaban J connectivity index is 1.35. The molecule has 7 rings (SSSR count). The lowest BCUT2D eigenvalue weighted by Crippen LogP contribution is -2.28. The van der Waals surface area contributed by atoms with E-state index in [1.807, 2.05) is 0 Å². The molecule has 2 atom stereocenters. The molecule has 35 heavy (non-hydrogen) atoms. The Hall–Kier alpha value is -3.60. The van der Waals surface area contributed by atoms with Crippen LogP contribution in [0.5, 0.6) is 11.5 Å². The zero-order chi connectivity index (χ0) is 23.2. The summed E-state index contributed by atoms with van der Waals surface area (Å²) in [6.45, 7) is 2.79. The molecule has 0 bridgehead atoms. The summed E-state index contributed by atoms with van der Waals surface area (Å²) < 4.78 is 22.5. The van der Waals surface area contributed by atoms with Gasteiger partial charge >= 0.3 is 0 Å². The summed E-state index contributed by atoms with van der Waals surface area (Å²) in [5.41, 5.74) is 7.14. The van der Waals surface area contributed by atoms with Crippen LogP contribution in [0.2, 0.25) is 0 Å². The first-order chi connectivity index (χ1) is 17.3. The van der Waals surface area contributed by atoms with Gasteiger partial charge in [-0.25, -0.2) is 0 Å². The van der Waals surface area contributed by atoms with Gasteiger partial charge in [0.1, 0.15) is 36.9 Å². The molecule has 1 aliphatic carbocycles. The van der Waals surface area contributed by atoms with Crippen molar-refractivity contribution in [2.75, 3.05) is 26.4 Å². The van der Waals surface area contributed by atoms with E-state index in [1.54, 1.807) is 0 Å².